The molecule has 3 fully saturated rings. The van der Waals surface area contributed by atoms with Crippen LogP contribution < -0.4 is 5.32 Å². The first kappa shape index (κ1) is 9.20. The van der Waals surface area contributed by atoms with E-state index in [9.17, 15) is 0 Å². The fourth-order valence-electron chi connectivity index (χ4n) is 3.33. The predicted molar refractivity (Wildman–Crippen MR) is 61.7 cm³/mol. The molecule has 0 amide bonds. The SMILES string of the molecule is c1cncc(NCC23CCCC(C2)C3)c1. The largest absolute Gasteiger partial charge is 0.383 e. The highest BCUT2D eigenvalue weighted by atomic mass is 14.9. The number of fused-ring (bicyclic) bond motifs is 2. The van der Waals surface area contributed by atoms with Gasteiger partial charge in [0.05, 0.1) is 5.69 Å². The molecule has 0 aliphatic heterocycles. The van der Waals surface area contributed by atoms with Gasteiger partial charge >= 0.3 is 0 Å². The maximum atomic E-state index is 4.12. The zero-order valence-corrected chi connectivity index (χ0v) is 9.08. The third-order valence-corrected chi connectivity index (χ3v) is 4.09. The molecule has 3 saturated carbocycles. The van der Waals surface area contributed by atoms with Crippen molar-refractivity contribution in [2.75, 3.05) is 11.9 Å². The van der Waals surface area contributed by atoms with Gasteiger partial charge in [-0.15, -0.1) is 0 Å². The van der Waals surface area contributed by atoms with Crippen molar-refractivity contribution in [2.45, 2.75) is 32.1 Å². The molecular formula is C13H18N2. The molecule has 0 unspecified atom stereocenters. The van der Waals surface area contributed by atoms with Crippen LogP contribution in [0.5, 0.6) is 0 Å². The van der Waals surface area contributed by atoms with Gasteiger partial charge < -0.3 is 5.32 Å². The van der Waals surface area contributed by atoms with Crippen LogP contribution in [-0.2, 0) is 0 Å². The molecule has 0 atom stereocenters. The lowest BCUT2D eigenvalue weighted by atomic mass is 9.54. The van der Waals surface area contributed by atoms with Crippen molar-refractivity contribution < 1.29 is 0 Å². The third-order valence-electron chi connectivity index (χ3n) is 4.09. The Balaban J connectivity index is 1.58. The number of nitrogens with one attached hydrogen (secondary N) is 1. The molecule has 3 aliphatic rings. The Morgan fingerprint density at radius 1 is 1.47 bits per heavy atom. The van der Waals surface area contributed by atoms with E-state index in [1.807, 2.05) is 18.5 Å². The van der Waals surface area contributed by atoms with Crippen LogP contribution in [0.15, 0.2) is 24.5 Å². The Morgan fingerprint density at radius 2 is 2.40 bits per heavy atom. The van der Waals surface area contributed by atoms with E-state index in [1.165, 1.54) is 37.8 Å². The van der Waals surface area contributed by atoms with Gasteiger partial charge in [0.1, 0.15) is 0 Å². The van der Waals surface area contributed by atoms with Crippen LogP contribution in [0, 0.1) is 11.3 Å². The minimum Gasteiger partial charge on any atom is -0.383 e. The van der Waals surface area contributed by atoms with E-state index in [2.05, 4.69) is 16.4 Å². The Bertz CT molecular complexity index is 322. The molecular weight excluding hydrogens is 184 g/mol. The van der Waals surface area contributed by atoms with Crippen molar-refractivity contribution in [1.82, 2.24) is 4.98 Å². The quantitative estimate of drug-likeness (QED) is 0.814. The summed E-state index contributed by atoms with van der Waals surface area (Å²) in [5.74, 6) is 1.05. The maximum Gasteiger partial charge on any atom is 0.0526 e. The smallest absolute Gasteiger partial charge is 0.0526 e. The monoisotopic (exact) mass is 202 g/mol. The molecule has 2 nitrogen and oxygen atoms in total. The molecule has 15 heavy (non-hydrogen) atoms. The minimum absolute atomic E-state index is 0.638. The van der Waals surface area contributed by atoms with Gasteiger partial charge in [-0.05, 0) is 42.7 Å². The molecule has 4 rings (SSSR count). The zero-order valence-electron chi connectivity index (χ0n) is 9.08. The summed E-state index contributed by atoms with van der Waals surface area (Å²) >= 11 is 0. The van der Waals surface area contributed by atoms with Crippen LogP contribution >= 0.6 is 0 Å². The highest BCUT2D eigenvalue weighted by Gasteiger charge is 2.46. The molecule has 0 radical (unpaired) electrons. The van der Waals surface area contributed by atoms with Gasteiger partial charge in [0.15, 0.2) is 0 Å². The van der Waals surface area contributed by atoms with E-state index < -0.39 is 0 Å². The van der Waals surface area contributed by atoms with Crippen LogP contribution in [0.1, 0.15) is 32.1 Å². The Morgan fingerprint density at radius 3 is 3.07 bits per heavy atom. The number of anilines is 1. The summed E-state index contributed by atoms with van der Waals surface area (Å²) in [5, 5.41) is 3.53. The molecule has 0 saturated heterocycles. The lowest BCUT2D eigenvalue weighted by Crippen LogP contribution is -2.45. The van der Waals surface area contributed by atoms with Crippen LogP contribution in [0.3, 0.4) is 0 Å². The number of pyridine rings is 1. The van der Waals surface area contributed by atoms with Crippen molar-refractivity contribution in [3.05, 3.63) is 24.5 Å². The number of hydrogen-bond donors (Lipinski definition) is 1. The Labute approximate surface area is 91.1 Å². The second-order valence-corrected chi connectivity index (χ2v) is 5.26. The molecule has 1 N–H and O–H groups in total. The van der Waals surface area contributed by atoms with Crippen molar-refractivity contribution >= 4 is 5.69 Å². The van der Waals surface area contributed by atoms with E-state index in [0.29, 0.717) is 5.41 Å². The molecule has 1 aromatic rings. The maximum absolute atomic E-state index is 4.12. The molecule has 1 aromatic heterocycles. The standard InChI is InChI=1S/C13H18N2/c1-3-11-7-13(5-1,8-11)10-15-12-4-2-6-14-9-12/h2,4,6,9,11,15H,1,3,5,7-8,10H2. The Hall–Kier alpha value is -1.05. The van der Waals surface area contributed by atoms with Gasteiger partial charge in [-0.2, -0.15) is 0 Å². The van der Waals surface area contributed by atoms with Gasteiger partial charge in [-0.1, -0.05) is 12.8 Å². The summed E-state index contributed by atoms with van der Waals surface area (Å²) < 4.78 is 0. The summed E-state index contributed by atoms with van der Waals surface area (Å²) in [4.78, 5) is 4.12. The summed E-state index contributed by atoms with van der Waals surface area (Å²) in [6.07, 6.45) is 11.0. The van der Waals surface area contributed by atoms with Gasteiger partial charge in [0, 0.05) is 18.9 Å². The first-order valence-electron chi connectivity index (χ1n) is 6.00. The molecule has 2 heteroatoms. The number of aromatic nitrogens is 1. The van der Waals surface area contributed by atoms with Gasteiger partial charge in [-0.25, -0.2) is 0 Å². The highest BCUT2D eigenvalue weighted by molar-refractivity contribution is 5.40. The molecule has 1 heterocycles. The van der Waals surface area contributed by atoms with E-state index in [4.69, 9.17) is 0 Å². The number of hydrogen-bond acceptors (Lipinski definition) is 2. The average Bonchev–Trinajstić information content (AvgIpc) is 2.28. The highest BCUT2D eigenvalue weighted by Crippen LogP contribution is 2.55. The van der Waals surface area contributed by atoms with Crippen molar-refractivity contribution in [3.8, 4) is 0 Å². The van der Waals surface area contributed by atoms with E-state index in [0.717, 1.165) is 12.5 Å². The summed E-state index contributed by atoms with van der Waals surface area (Å²) in [5.41, 5.74) is 1.81. The van der Waals surface area contributed by atoms with E-state index in [-0.39, 0.29) is 0 Å². The van der Waals surface area contributed by atoms with Crippen molar-refractivity contribution in [1.29, 1.82) is 0 Å². The molecule has 0 spiro atoms. The van der Waals surface area contributed by atoms with Crippen LogP contribution in [-0.4, -0.2) is 11.5 Å². The van der Waals surface area contributed by atoms with Crippen LogP contribution in [0.25, 0.3) is 0 Å². The van der Waals surface area contributed by atoms with Crippen LogP contribution in [0.4, 0.5) is 5.69 Å². The minimum atomic E-state index is 0.638. The summed E-state index contributed by atoms with van der Waals surface area (Å²) in [7, 11) is 0. The first-order valence-corrected chi connectivity index (χ1v) is 6.00. The Kier molecular flexibility index (Phi) is 2.15. The van der Waals surface area contributed by atoms with E-state index >= 15 is 0 Å². The lowest BCUT2D eigenvalue weighted by Gasteiger charge is -2.52. The zero-order chi connectivity index (χ0) is 10.1. The van der Waals surface area contributed by atoms with Crippen LogP contribution in [0.2, 0.25) is 0 Å². The van der Waals surface area contributed by atoms with Crippen molar-refractivity contribution in [2.24, 2.45) is 11.3 Å². The molecule has 3 aliphatic carbocycles. The molecule has 0 aromatic carbocycles. The second-order valence-electron chi connectivity index (χ2n) is 5.26. The number of nitrogens with zero attached hydrogens (tertiary/aromatic N) is 1. The third kappa shape index (κ3) is 1.73. The summed E-state index contributed by atoms with van der Waals surface area (Å²) in [6, 6.07) is 4.09. The second kappa shape index (κ2) is 3.51. The first-order chi connectivity index (χ1) is 7.36. The lowest BCUT2D eigenvalue weighted by molar-refractivity contribution is 0.00801. The predicted octanol–water partition coefficient (Wildman–Crippen LogP) is 3.07. The normalized spacial score (nSPS) is 33.2. The van der Waals surface area contributed by atoms with E-state index in [1.54, 1.807) is 0 Å². The summed E-state index contributed by atoms with van der Waals surface area (Å²) in [6.45, 7) is 1.15. The van der Waals surface area contributed by atoms with Gasteiger partial charge in [0.25, 0.3) is 0 Å². The van der Waals surface area contributed by atoms with Gasteiger partial charge in [0.2, 0.25) is 0 Å². The van der Waals surface area contributed by atoms with Crippen molar-refractivity contribution in [3.63, 3.8) is 0 Å². The van der Waals surface area contributed by atoms with Gasteiger partial charge in [-0.3, -0.25) is 4.98 Å². The molecule has 2 bridgehead atoms. The fraction of sp³-hybridized carbons (Fsp3) is 0.615. The topological polar surface area (TPSA) is 24.9 Å². The number of rotatable bonds is 3. The molecule has 80 valence electrons. The fourth-order valence-corrected chi connectivity index (χ4v) is 3.33. The average molecular weight is 202 g/mol.